The summed E-state index contributed by atoms with van der Waals surface area (Å²) in [6.07, 6.45) is 3.01. The van der Waals surface area contributed by atoms with Gasteiger partial charge in [-0.05, 0) is 29.8 Å². The zero-order valence-corrected chi connectivity index (χ0v) is 12.2. The standard InChI is InChI=1S/C14H13ClN2O2S/c15-12-5-3-11(4-6-12)9-20-10-14(18)17-16-8-13-2-1-7-19-13/h1-8H,9-10H2,(H,17,18)/b16-8-. The van der Waals surface area contributed by atoms with Crippen molar-refractivity contribution in [1.82, 2.24) is 5.43 Å². The lowest BCUT2D eigenvalue weighted by molar-refractivity contribution is -0.118. The van der Waals surface area contributed by atoms with Crippen LogP contribution in [0.25, 0.3) is 0 Å². The molecular weight excluding hydrogens is 296 g/mol. The molecule has 2 aromatic rings. The van der Waals surface area contributed by atoms with Gasteiger partial charge in [0, 0.05) is 10.8 Å². The molecule has 0 fully saturated rings. The average Bonchev–Trinajstić information content (AvgIpc) is 2.94. The molecule has 0 aliphatic rings. The number of furan rings is 1. The fourth-order valence-electron chi connectivity index (χ4n) is 1.41. The molecule has 0 atom stereocenters. The molecule has 104 valence electrons. The van der Waals surface area contributed by atoms with Gasteiger partial charge in [-0.3, -0.25) is 4.79 Å². The molecule has 1 aromatic heterocycles. The lowest BCUT2D eigenvalue weighted by Crippen LogP contribution is -2.19. The van der Waals surface area contributed by atoms with Gasteiger partial charge >= 0.3 is 0 Å². The third-order valence-corrected chi connectivity index (χ3v) is 3.60. The van der Waals surface area contributed by atoms with Crippen molar-refractivity contribution in [3.8, 4) is 0 Å². The lowest BCUT2D eigenvalue weighted by atomic mass is 10.2. The monoisotopic (exact) mass is 308 g/mol. The summed E-state index contributed by atoms with van der Waals surface area (Å²) < 4.78 is 5.05. The number of nitrogens with zero attached hydrogens (tertiary/aromatic N) is 1. The molecule has 1 amide bonds. The molecule has 4 nitrogen and oxygen atoms in total. The molecule has 0 aliphatic heterocycles. The summed E-state index contributed by atoms with van der Waals surface area (Å²) in [4.78, 5) is 11.5. The van der Waals surface area contributed by atoms with Gasteiger partial charge in [0.15, 0.2) is 0 Å². The van der Waals surface area contributed by atoms with E-state index in [-0.39, 0.29) is 5.91 Å². The van der Waals surface area contributed by atoms with Crippen molar-refractivity contribution in [3.05, 3.63) is 59.0 Å². The second kappa shape index (κ2) is 7.77. The molecule has 0 bridgehead atoms. The van der Waals surface area contributed by atoms with E-state index in [0.29, 0.717) is 16.5 Å². The van der Waals surface area contributed by atoms with Crippen molar-refractivity contribution in [3.63, 3.8) is 0 Å². The highest BCUT2D eigenvalue weighted by Gasteiger charge is 2.01. The zero-order valence-electron chi connectivity index (χ0n) is 10.6. The van der Waals surface area contributed by atoms with Gasteiger partial charge in [0.05, 0.1) is 18.2 Å². The molecule has 0 aliphatic carbocycles. The first-order valence-electron chi connectivity index (χ1n) is 5.91. The highest BCUT2D eigenvalue weighted by Crippen LogP contribution is 2.15. The van der Waals surface area contributed by atoms with Crippen LogP contribution in [0.2, 0.25) is 5.02 Å². The van der Waals surface area contributed by atoms with E-state index in [4.69, 9.17) is 16.0 Å². The van der Waals surface area contributed by atoms with Crippen molar-refractivity contribution < 1.29 is 9.21 Å². The van der Waals surface area contributed by atoms with Crippen molar-refractivity contribution >= 4 is 35.5 Å². The van der Waals surface area contributed by atoms with Crippen molar-refractivity contribution in [2.24, 2.45) is 5.10 Å². The maximum absolute atomic E-state index is 11.5. The van der Waals surface area contributed by atoms with Crippen LogP contribution in [-0.2, 0) is 10.5 Å². The number of halogens is 1. The van der Waals surface area contributed by atoms with Crippen molar-refractivity contribution in [1.29, 1.82) is 0 Å². The largest absolute Gasteiger partial charge is 0.463 e. The predicted octanol–water partition coefficient (Wildman–Crippen LogP) is 3.32. The number of hydrazone groups is 1. The van der Waals surface area contributed by atoms with Gasteiger partial charge in [0.1, 0.15) is 5.76 Å². The summed E-state index contributed by atoms with van der Waals surface area (Å²) in [5.41, 5.74) is 3.58. The van der Waals surface area contributed by atoms with Gasteiger partial charge in [-0.15, -0.1) is 11.8 Å². The number of nitrogens with one attached hydrogen (secondary N) is 1. The molecule has 2 rings (SSSR count). The molecular formula is C14H13ClN2O2S. The Morgan fingerprint density at radius 2 is 2.15 bits per heavy atom. The summed E-state index contributed by atoms with van der Waals surface area (Å²) in [5, 5.41) is 4.51. The van der Waals surface area contributed by atoms with Crippen LogP contribution in [0.5, 0.6) is 0 Å². The van der Waals surface area contributed by atoms with Gasteiger partial charge < -0.3 is 4.42 Å². The van der Waals surface area contributed by atoms with Gasteiger partial charge in [0.25, 0.3) is 0 Å². The van der Waals surface area contributed by atoms with Crippen LogP contribution in [0.1, 0.15) is 11.3 Å². The number of hydrogen-bond donors (Lipinski definition) is 1. The van der Waals surface area contributed by atoms with Gasteiger partial charge in [0.2, 0.25) is 5.91 Å². The Labute approximate surface area is 126 Å². The Kier molecular flexibility index (Phi) is 5.70. The number of rotatable bonds is 6. The fourth-order valence-corrected chi connectivity index (χ4v) is 2.31. The first kappa shape index (κ1) is 14.7. The molecule has 1 heterocycles. The van der Waals surface area contributed by atoms with Crippen LogP contribution < -0.4 is 5.43 Å². The Balaban J connectivity index is 1.66. The molecule has 0 saturated heterocycles. The minimum atomic E-state index is -0.147. The smallest absolute Gasteiger partial charge is 0.250 e. The van der Waals surface area contributed by atoms with E-state index in [2.05, 4.69) is 10.5 Å². The molecule has 6 heteroatoms. The molecule has 0 radical (unpaired) electrons. The SMILES string of the molecule is O=C(CSCc1ccc(Cl)cc1)N/N=C\c1ccco1. The van der Waals surface area contributed by atoms with Crippen LogP contribution in [0.3, 0.4) is 0 Å². The zero-order chi connectivity index (χ0) is 14.2. The third kappa shape index (κ3) is 5.11. The summed E-state index contributed by atoms with van der Waals surface area (Å²) >= 11 is 7.32. The van der Waals surface area contributed by atoms with Crippen LogP contribution in [0.15, 0.2) is 52.2 Å². The maximum atomic E-state index is 11.5. The number of benzene rings is 1. The van der Waals surface area contributed by atoms with Crippen LogP contribution in [0, 0.1) is 0 Å². The molecule has 0 unspecified atom stereocenters. The van der Waals surface area contributed by atoms with Gasteiger partial charge in [-0.25, -0.2) is 5.43 Å². The van der Waals surface area contributed by atoms with E-state index >= 15 is 0 Å². The maximum Gasteiger partial charge on any atom is 0.250 e. The van der Waals surface area contributed by atoms with Crippen LogP contribution in [0.4, 0.5) is 0 Å². The molecule has 1 N–H and O–H groups in total. The molecule has 0 spiro atoms. The third-order valence-electron chi connectivity index (χ3n) is 2.34. The predicted molar refractivity (Wildman–Crippen MR) is 82.1 cm³/mol. The van der Waals surface area contributed by atoms with Crippen LogP contribution in [-0.4, -0.2) is 17.9 Å². The van der Waals surface area contributed by atoms with Gasteiger partial charge in [-0.1, -0.05) is 23.7 Å². The second-order valence-corrected chi connectivity index (χ2v) is 5.35. The number of amides is 1. The number of thioether (sulfide) groups is 1. The van der Waals surface area contributed by atoms with E-state index < -0.39 is 0 Å². The first-order valence-corrected chi connectivity index (χ1v) is 7.45. The van der Waals surface area contributed by atoms with Crippen molar-refractivity contribution in [2.45, 2.75) is 5.75 Å². The van der Waals surface area contributed by atoms with Crippen molar-refractivity contribution in [2.75, 3.05) is 5.75 Å². The van der Waals surface area contributed by atoms with E-state index in [1.807, 2.05) is 24.3 Å². The quantitative estimate of drug-likeness (QED) is 0.658. The highest BCUT2D eigenvalue weighted by atomic mass is 35.5. The lowest BCUT2D eigenvalue weighted by Gasteiger charge is -2.01. The average molecular weight is 309 g/mol. The fraction of sp³-hybridized carbons (Fsp3) is 0.143. The topological polar surface area (TPSA) is 54.6 Å². The Bertz CT molecular complexity index is 567. The Morgan fingerprint density at radius 3 is 2.85 bits per heavy atom. The Morgan fingerprint density at radius 1 is 1.35 bits per heavy atom. The molecule has 1 aromatic carbocycles. The number of hydrogen-bond acceptors (Lipinski definition) is 4. The number of carbonyl (C=O) groups is 1. The summed E-state index contributed by atoms with van der Waals surface area (Å²) in [5.74, 6) is 1.55. The summed E-state index contributed by atoms with van der Waals surface area (Å²) in [6.45, 7) is 0. The van der Waals surface area contributed by atoms with E-state index in [1.54, 1.807) is 18.4 Å². The first-order chi connectivity index (χ1) is 9.74. The van der Waals surface area contributed by atoms with E-state index in [1.165, 1.54) is 18.0 Å². The van der Waals surface area contributed by atoms with Gasteiger partial charge in [-0.2, -0.15) is 5.10 Å². The highest BCUT2D eigenvalue weighted by molar-refractivity contribution is 7.99. The Hall–Kier alpha value is -1.72. The van der Waals surface area contributed by atoms with Crippen LogP contribution >= 0.6 is 23.4 Å². The van der Waals surface area contributed by atoms with E-state index in [0.717, 1.165) is 11.3 Å². The minimum absolute atomic E-state index is 0.147. The summed E-state index contributed by atoms with van der Waals surface area (Å²) in [7, 11) is 0. The molecule has 20 heavy (non-hydrogen) atoms. The van der Waals surface area contributed by atoms with E-state index in [9.17, 15) is 4.79 Å². The second-order valence-electron chi connectivity index (χ2n) is 3.93. The number of carbonyl (C=O) groups excluding carboxylic acids is 1. The molecule has 0 saturated carbocycles. The summed E-state index contributed by atoms with van der Waals surface area (Å²) in [6, 6.07) is 11.1. The minimum Gasteiger partial charge on any atom is -0.463 e. The normalized spacial score (nSPS) is 10.8.